The summed E-state index contributed by atoms with van der Waals surface area (Å²) >= 11 is 0. The highest BCUT2D eigenvalue weighted by molar-refractivity contribution is 5.77. The van der Waals surface area contributed by atoms with Gasteiger partial charge >= 0.3 is 0 Å². The zero-order valence-corrected chi connectivity index (χ0v) is 14.5. The fourth-order valence-electron chi connectivity index (χ4n) is 3.41. The second-order valence-corrected chi connectivity index (χ2v) is 7.03. The van der Waals surface area contributed by atoms with Gasteiger partial charge in [-0.05, 0) is 30.7 Å². The van der Waals surface area contributed by atoms with Crippen LogP contribution in [0.4, 0.5) is 0 Å². The smallest absolute Gasteiger partial charge is 0.188 e. The molecule has 2 fully saturated rings. The molecule has 1 saturated heterocycles. The first-order valence-corrected chi connectivity index (χ1v) is 9.05. The lowest BCUT2D eigenvalue weighted by Crippen LogP contribution is -2.36. The average molecular weight is 331 g/mol. The number of guanidine groups is 1. The molecule has 1 aromatic rings. The third kappa shape index (κ3) is 4.71. The van der Waals surface area contributed by atoms with Crippen molar-refractivity contribution < 1.29 is 9.47 Å². The minimum atomic E-state index is -0.345. The minimum absolute atomic E-state index is 0.0212. The van der Waals surface area contributed by atoms with Crippen LogP contribution in [-0.2, 0) is 15.9 Å². The standard InChI is InChI=1S/C19H29N3O2/c1-15-7-10-19(11-8-15)23-14-17(24-19)13-22-18(20)21-12-9-16-5-3-2-4-6-16/h2-6,15,17H,7-14H2,1H3,(H3,20,21,22). The van der Waals surface area contributed by atoms with Gasteiger partial charge in [-0.2, -0.15) is 0 Å². The number of nitrogens with one attached hydrogen (secondary N) is 1. The first-order valence-electron chi connectivity index (χ1n) is 9.05. The second-order valence-electron chi connectivity index (χ2n) is 7.03. The summed E-state index contributed by atoms with van der Waals surface area (Å²) in [5, 5.41) is 3.16. The van der Waals surface area contributed by atoms with E-state index < -0.39 is 0 Å². The number of rotatable bonds is 5. The van der Waals surface area contributed by atoms with Crippen LogP contribution in [0.5, 0.6) is 0 Å². The van der Waals surface area contributed by atoms with Crippen LogP contribution in [-0.4, -0.2) is 37.5 Å². The minimum Gasteiger partial charge on any atom is -0.370 e. The van der Waals surface area contributed by atoms with E-state index in [1.54, 1.807) is 0 Å². The molecule has 3 rings (SSSR count). The van der Waals surface area contributed by atoms with Crippen molar-refractivity contribution in [2.45, 2.75) is 50.9 Å². The fourth-order valence-corrected chi connectivity index (χ4v) is 3.41. The Bertz CT molecular complexity index is 539. The van der Waals surface area contributed by atoms with Crippen molar-refractivity contribution in [1.82, 2.24) is 5.32 Å². The summed E-state index contributed by atoms with van der Waals surface area (Å²) in [6.07, 6.45) is 5.31. The van der Waals surface area contributed by atoms with Gasteiger partial charge in [-0.3, -0.25) is 4.99 Å². The molecule has 1 aromatic carbocycles. The van der Waals surface area contributed by atoms with Gasteiger partial charge in [-0.25, -0.2) is 0 Å². The van der Waals surface area contributed by atoms with Crippen molar-refractivity contribution >= 4 is 5.96 Å². The maximum absolute atomic E-state index is 6.15. The first kappa shape index (κ1) is 17.2. The van der Waals surface area contributed by atoms with Crippen molar-refractivity contribution in [3.63, 3.8) is 0 Å². The maximum Gasteiger partial charge on any atom is 0.188 e. The number of hydrogen-bond acceptors (Lipinski definition) is 3. The lowest BCUT2D eigenvalue weighted by Gasteiger charge is -2.34. The predicted octanol–water partition coefficient (Wildman–Crippen LogP) is 2.46. The highest BCUT2D eigenvalue weighted by Crippen LogP contribution is 2.39. The Hall–Kier alpha value is -1.59. The summed E-state index contributed by atoms with van der Waals surface area (Å²) < 4.78 is 12.1. The molecule has 1 aliphatic heterocycles. The van der Waals surface area contributed by atoms with E-state index >= 15 is 0 Å². The molecule has 1 aliphatic carbocycles. The van der Waals surface area contributed by atoms with Gasteiger partial charge in [0.05, 0.1) is 13.2 Å². The van der Waals surface area contributed by atoms with Crippen molar-refractivity contribution in [3.05, 3.63) is 35.9 Å². The van der Waals surface area contributed by atoms with Gasteiger partial charge in [0.2, 0.25) is 0 Å². The molecule has 3 N–H and O–H groups in total. The number of aliphatic imine (C=N–C) groups is 1. The molecule has 132 valence electrons. The second kappa shape index (κ2) is 7.99. The van der Waals surface area contributed by atoms with Crippen LogP contribution < -0.4 is 11.1 Å². The lowest BCUT2D eigenvalue weighted by atomic mass is 9.86. The van der Waals surface area contributed by atoms with Crippen molar-refractivity contribution in [2.24, 2.45) is 16.6 Å². The normalized spacial score (nSPS) is 30.6. The van der Waals surface area contributed by atoms with Crippen molar-refractivity contribution in [3.8, 4) is 0 Å². The van der Waals surface area contributed by atoms with Crippen LogP contribution >= 0.6 is 0 Å². The molecule has 1 saturated carbocycles. The van der Waals surface area contributed by atoms with Crippen LogP contribution in [0.25, 0.3) is 0 Å². The van der Waals surface area contributed by atoms with Crippen molar-refractivity contribution in [1.29, 1.82) is 0 Å². The molecule has 0 aromatic heterocycles. The molecule has 0 radical (unpaired) electrons. The Morgan fingerprint density at radius 3 is 2.79 bits per heavy atom. The molecule has 2 aliphatic rings. The van der Waals surface area contributed by atoms with Gasteiger partial charge in [-0.1, -0.05) is 37.3 Å². The highest BCUT2D eigenvalue weighted by atomic mass is 16.7. The van der Waals surface area contributed by atoms with E-state index in [1.807, 2.05) is 18.2 Å². The summed E-state index contributed by atoms with van der Waals surface area (Å²) in [7, 11) is 0. The summed E-state index contributed by atoms with van der Waals surface area (Å²) in [4.78, 5) is 4.41. The van der Waals surface area contributed by atoms with Crippen LogP contribution in [0, 0.1) is 5.92 Å². The molecule has 24 heavy (non-hydrogen) atoms. The summed E-state index contributed by atoms with van der Waals surface area (Å²) in [6, 6.07) is 10.3. The summed E-state index contributed by atoms with van der Waals surface area (Å²) in [5.41, 5.74) is 7.24. The van der Waals surface area contributed by atoms with Gasteiger partial charge in [0.1, 0.15) is 6.10 Å². The van der Waals surface area contributed by atoms with E-state index in [0.717, 1.165) is 31.7 Å². The zero-order chi connectivity index (χ0) is 16.8. The van der Waals surface area contributed by atoms with E-state index in [1.165, 1.54) is 18.4 Å². The van der Waals surface area contributed by atoms with Crippen LogP contribution in [0.15, 0.2) is 35.3 Å². The topological polar surface area (TPSA) is 68.9 Å². The number of nitrogens with two attached hydrogens (primary N) is 1. The predicted molar refractivity (Wildman–Crippen MR) is 95.8 cm³/mol. The van der Waals surface area contributed by atoms with Gasteiger partial charge < -0.3 is 20.5 Å². The van der Waals surface area contributed by atoms with E-state index in [4.69, 9.17) is 15.2 Å². The number of benzene rings is 1. The van der Waals surface area contributed by atoms with Crippen LogP contribution in [0.1, 0.15) is 38.2 Å². The zero-order valence-electron chi connectivity index (χ0n) is 14.5. The highest BCUT2D eigenvalue weighted by Gasteiger charge is 2.43. The Morgan fingerprint density at radius 2 is 2.04 bits per heavy atom. The third-order valence-electron chi connectivity index (χ3n) is 4.98. The monoisotopic (exact) mass is 331 g/mol. The summed E-state index contributed by atoms with van der Waals surface area (Å²) in [6.45, 7) is 4.26. The van der Waals surface area contributed by atoms with E-state index in [0.29, 0.717) is 19.1 Å². The Labute approximate surface area is 144 Å². The van der Waals surface area contributed by atoms with E-state index in [2.05, 4.69) is 29.4 Å². The molecule has 1 unspecified atom stereocenters. The maximum atomic E-state index is 6.15. The molecule has 5 nitrogen and oxygen atoms in total. The molecular formula is C19H29N3O2. The fraction of sp³-hybridized carbons (Fsp3) is 0.632. The Morgan fingerprint density at radius 1 is 1.29 bits per heavy atom. The molecule has 0 amide bonds. The largest absolute Gasteiger partial charge is 0.370 e. The molecular weight excluding hydrogens is 302 g/mol. The molecule has 1 spiro atoms. The SMILES string of the molecule is CC1CCC2(CC1)OCC(CN=C(N)NCCc1ccccc1)O2. The Kier molecular flexibility index (Phi) is 5.74. The summed E-state index contributed by atoms with van der Waals surface area (Å²) in [5.74, 6) is 0.916. The number of hydrogen-bond donors (Lipinski definition) is 2. The van der Waals surface area contributed by atoms with Gasteiger partial charge in [0.25, 0.3) is 0 Å². The van der Waals surface area contributed by atoms with Gasteiger partial charge in [0.15, 0.2) is 11.7 Å². The first-order chi connectivity index (χ1) is 11.7. The molecule has 5 heteroatoms. The Balaban J connectivity index is 1.38. The lowest BCUT2D eigenvalue weighted by molar-refractivity contribution is -0.190. The van der Waals surface area contributed by atoms with E-state index in [-0.39, 0.29) is 11.9 Å². The third-order valence-corrected chi connectivity index (χ3v) is 4.98. The van der Waals surface area contributed by atoms with Crippen molar-refractivity contribution in [2.75, 3.05) is 19.7 Å². The molecule has 0 bridgehead atoms. The van der Waals surface area contributed by atoms with Gasteiger partial charge in [-0.15, -0.1) is 0 Å². The molecule has 1 heterocycles. The van der Waals surface area contributed by atoms with Gasteiger partial charge in [0, 0.05) is 19.4 Å². The van der Waals surface area contributed by atoms with E-state index in [9.17, 15) is 0 Å². The number of ether oxygens (including phenoxy) is 2. The quantitative estimate of drug-likeness (QED) is 0.642. The number of nitrogens with zero attached hydrogens (tertiary/aromatic N) is 1. The van der Waals surface area contributed by atoms with Crippen LogP contribution in [0.2, 0.25) is 0 Å². The molecule has 1 atom stereocenters. The van der Waals surface area contributed by atoms with Crippen LogP contribution in [0.3, 0.4) is 0 Å². The average Bonchev–Trinajstić information content (AvgIpc) is 3.00.